The molecule has 26 aliphatic rings. The van der Waals surface area contributed by atoms with Crippen LogP contribution < -0.4 is 0 Å². The van der Waals surface area contributed by atoms with Crippen LogP contribution in [0.15, 0.2) is 58.7 Å². The van der Waals surface area contributed by atoms with Gasteiger partial charge in [-0.3, -0.25) is 38.4 Å². The summed E-state index contributed by atoms with van der Waals surface area (Å²) < 4.78 is 24.7. The van der Waals surface area contributed by atoms with E-state index in [1.165, 1.54) is 113 Å². The van der Waals surface area contributed by atoms with Gasteiger partial charge in [-0.25, -0.2) is 0 Å². The zero-order chi connectivity index (χ0) is 72.0. The number of allylic oxidation sites excluding steroid dienone is 4. The fourth-order valence-electron chi connectivity index (χ4n) is 36.2. The molecule has 23 unspecified atom stereocenters. The van der Waals surface area contributed by atoms with E-state index in [9.17, 15) is 43.5 Å². The molecule has 18 saturated carbocycles. The number of carbonyl (C=O) groups excluding carboxylic acids is 8. The maximum atomic E-state index is 12.2. The van der Waals surface area contributed by atoms with E-state index in [-0.39, 0.29) is 92.0 Å². The Morgan fingerprint density at radius 2 is 0.774 bits per heavy atom. The molecular formula is C93H116O13. The molecule has 1 N–H and O–H groups in total. The van der Waals surface area contributed by atoms with Crippen molar-refractivity contribution >= 4 is 47.0 Å². The Bertz CT molecular complexity index is 4160. The normalized spacial score (nSPS) is 56.7. The van der Waals surface area contributed by atoms with Gasteiger partial charge in [-0.1, -0.05) is 56.6 Å². The maximum Gasteiger partial charge on any atom is 0.306 e. The van der Waals surface area contributed by atoms with Gasteiger partial charge in [0, 0.05) is 109 Å². The second-order valence-corrected chi connectivity index (χ2v) is 43.0. The molecule has 5 spiro atoms. The van der Waals surface area contributed by atoms with Gasteiger partial charge in [-0.15, -0.1) is 0 Å². The summed E-state index contributed by atoms with van der Waals surface area (Å²) in [4.78, 5) is 96.5. The molecule has 22 aliphatic carbocycles. The Labute approximate surface area is 626 Å². The first-order valence-corrected chi connectivity index (χ1v) is 44.1. The number of ether oxygens (including phenoxy) is 4. The quantitative estimate of drug-likeness (QED) is 0.193. The third-order valence-electron chi connectivity index (χ3n) is 40.1. The summed E-state index contributed by atoms with van der Waals surface area (Å²) in [5.74, 6) is 19.8. The minimum Gasteiger partial charge on any atom is -0.458 e. The third-order valence-corrected chi connectivity index (χ3v) is 40.1. The van der Waals surface area contributed by atoms with Gasteiger partial charge in [0.15, 0.2) is 23.1 Å². The second kappa shape index (κ2) is 21.9. The van der Waals surface area contributed by atoms with E-state index >= 15 is 0 Å². The Balaban J connectivity index is 0.0000000859. The fraction of sp³-hybridized carbons (Fsp3) is 0.806. The van der Waals surface area contributed by atoms with Crippen LogP contribution in [-0.2, 0) is 57.3 Å². The average molecular weight is 1440 g/mol. The molecule has 4 aliphatic heterocycles. The number of hydrogen-bond donors (Lipinski definition) is 1. The van der Waals surface area contributed by atoms with E-state index in [1.54, 1.807) is 11.1 Å². The molecule has 13 nitrogen and oxygen atoms in total. The summed E-state index contributed by atoms with van der Waals surface area (Å²) in [5.41, 5.74) is 7.32. The molecule has 4 heterocycles. The SMILES string of the molecule is C=C1CC2C(CC[C@@]3(C)C2C2CC2[C@@]32CCC(=O)O2)[C@H]2CCC(=O)C=C12.C[C@]12CCC3C(C4CC4C4=CC(=O)CC[C@@H]43)C1C1CC1[C@@]21CCC(=O)O1.C[C@]12CCC3C(CC(CO)C4=CC(=O)CC[C@@H]43)C1C1CC1[C@@]21CCC(=O)O1.C[C@]12CCC3C(CC4(CC4)C4=CC(=O)CC[C@@H]43)C1C1CC1[C@@]21CCC(=O)O1. The molecule has 13 heteroatoms. The number of hydrogen-bond acceptors (Lipinski definition) is 13. The minimum atomic E-state index is -0.197. The van der Waals surface area contributed by atoms with Gasteiger partial charge in [0.2, 0.25) is 0 Å². The third kappa shape index (κ3) is 8.52. The van der Waals surface area contributed by atoms with Gasteiger partial charge in [-0.2, -0.15) is 0 Å². The molecule has 4 saturated heterocycles. The lowest BCUT2D eigenvalue weighted by molar-refractivity contribution is -0.175. The highest BCUT2D eigenvalue weighted by Crippen LogP contribution is 2.85. The molecule has 22 fully saturated rings. The zero-order valence-electron chi connectivity index (χ0n) is 63.7. The predicted molar refractivity (Wildman–Crippen MR) is 390 cm³/mol. The van der Waals surface area contributed by atoms with Crippen LogP contribution in [0, 0.1) is 187 Å². The van der Waals surface area contributed by atoms with E-state index in [1.807, 2.05) is 12.2 Å². The van der Waals surface area contributed by atoms with E-state index in [4.69, 9.17) is 18.9 Å². The number of carbonyl (C=O) groups is 8. The summed E-state index contributed by atoms with van der Waals surface area (Å²) in [6.07, 6.45) is 43.6. The van der Waals surface area contributed by atoms with Crippen molar-refractivity contribution in [3.63, 3.8) is 0 Å². The first kappa shape index (κ1) is 67.0. The van der Waals surface area contributed by atoms with Crippen LogP contribution in [0.2, 0.25) is 0 Å². The highest BCUT2D eigenvalue weighted by molar-refractivity contribution is 5.93. The molecule has 0 radical (unpaired) electrons. The molecular weight excluding hydrogens is 1330 g/mol. The highest BCUT2D eigenvalue weighted by Gasteiger charge is 2.84. The van der Waals surface area contributed by atoms with E-state index in [0.29, 0.717) is 150 Å². The molecule has 26 rings (SSSR count). The summed E-state index contributed by atoms with van der Waals surface area (Å²) >= 11 is 0. The number of ketones is 4. The van der Waals surface area contributed by atoms with Crippen LogP contribution >= 0.6 is 0 Å². The largest absolute Gasteiger partial charge is 0.458 e. The van der Waals surface area contributed by atoms with Gasteiger partial charge < -0.3 is 24.1 Å². The van der Waals surface area contributed by atoms with Crippen LogP contribution in [-0.4, -0.2) is 81.1 Å². The van der Waals surface area contributed by atoms with E-state index < -0.39 is 0 Å². The van der Waals surface area contributed by atoms with Crippen molar-refractivity contribution in [2.24, 2.45) is 187 Å². The molecule has 0 bridgehead atoms. The Morgan fingerprint density at radius 3 is 1.26 bits per heavy atom. The summed E-state index contributed by atoms with van der Waals surface area (Å²) in [7, 11) is 0. The van der Waals surface area contributed by atoms with Gasteiger partial charge in [0.25, 0.3) is 0 Å². The van der Waals surface area contributed by atoms with Crippen molar-refractivity contribution in [2.45, 2.75) is 268 Å². The fourth-order valence-corrected chi connectivity index (χ4v) is 36.2. The van der Waals surface area contributed by atoms with Crippen molar-refractivity contribution in [1.29, 1.82) is 0 Å². The van der Waals surface area contributed by atoms with Crippen LogP contribution in [0.25, 0.3) is 0 Å². The lowest BCUT2D eigenvalue weighted by atomic mass is 9.47. The van der Waals surface area contributed by atoms with Gasteiger partial charge in [-0.05, 0) is 332 Å². The van der Waals surface area contributed by atoms with E-state index in [0.717, 1.165) is 143 Å². The lowest BCUT2D eigenvalue weighted by Gasteiger charge is -2.58. The van der Waals surface area contributed by atoms with Gasteiger partial charge in [0.1, 0.15) is 22.4 Å². The zero-order valence-corrected chi connectivity index (χ0v) is 63.7. The lowest BCUT2D eigenvalue weighted by Crippen LogP contribution is -2.56. The molecule has 0 aromatic rings. The van der Waals surface area contributed by atoms with Crippen molar-refractivity contribution in [2.75, 3.05) is 6.61 Å². The maximum absolute atomic E-state index is 12.2. The van der Waals surface area contributed by atoms with Gasteiger partial charge >= 0.3 is 23.9 Å². The highest BCUT2D eigenvalue weighted by atomic mass is 16.6. The number of aliphatic hydroxyl groups excluding tert-OH is 1. The molecule has 566 valence electrons. The predicted octanol–water partition coefficient (Wildman–Crippen LogP) is 15.9. The monoisotopic (exact) mass is 1440 g/mol. The van der Waals surface area contributed by atoms with Crippen LogP contribution in [0.4, 0.5) is 0 Å². The number of rotatable bonds is 1. The summed E-state index contributed by atoms with van der Waals surface area (Å²) in [6, 6.07) is 0. The number of fused-ring (bicyclic) bond motifs is 40. The first-order valence-electron chi connectivity index (χ1n) is 44.1. The summed E-state index contributed by atoms with van der Waals surface area (Å²) in [6.45, 7) is 14.4. The van der Waals surface area contributed by atoms with Crippen LogP contribution in [0.3, 0.4) is 0 Å². The Hall–Kier alpha value is -4.78. The average Bonchev–Trinajstić information content (AvgIpc) is 1.49. The standard InChI is InChI=1S/C24H30O3.C23H30O4.2C23H28O3/c1-22-6-4-14-15-3-2-13(25)10-18(15)23(8-9-23)12-17(14)21(22)16-11-19(16)24(22)7-5-20(26)27-24;1-22-6-4-15-14-3-2-13(25)9-16(14)12(11-24)8-17(15)21(22)18-10-19(18)23(22)7-5-20(26)27-23;1-22-6-4-13-12-3-2-11(24)8-14(12)15-9-16(15)20(13)21(22)17-10-18(17)23(22)7-5-19(25)26-23;1-12-9-17-15(14-4-3-13(24)10-16(12)14)5-7-22(2)21(17)18-11-19(18)23(22)8-6-20(25)26-23/h10,14-17,19,21H,2-9,11-12H2,1H3;9,12,14-15,17-19,21,24H,2-8,10-11H2,1H3;8,12-13,15-18,20-21H,2-7,9-10H2,1H3;10,14-15,17-19,21H,1,3-9,11H2,2H3/t14?,15-,16?,17?,19?,21?,22+,24+;12?,14-,15?,17?,18?,19?,21?,22+,23+;12-,13?,15?,16?,17?,18?,20?,21?,22+,23+;14-,15?,17?,18?,19?,21?,22+,23+/m1111/s1. The molecule has 0 amide bonds. The van der Waals surface area contributed by atoms with Gasteiger partial charge in [0.05, 0.1) is 0 Å². The minimum absolute atomic E-state index is 0.0116. The molecule has 106 heavy (non-hydrogen) atoms. The number of aliphatic hydroxyl groups is 1. The molecule has 0 aromatic heterocycles. The van der Waals surface area contributed by atoms with Crippen molar-refractivity contribution in [3.8, 4) is 0 Å². The molecule has 0 aromatic carbocycles. The topological polar surface area (TPSA) is 194 Å². The first-order chi connectivity index (χ1) is 50.9. The van der Waals surface area contributed by atoms with Crippen molar-refractivity contribution in [1.82, 2.24) is 0 Å². The van der Waals surface area contributed by atoms with Crippen LogP contribution in [0.1, 0.15) is 246 Å². The Morgan fingerprint density at radius 1 is 0.368 bits per heavy atom. The summed E-state index contributed by atoms with van der Waals surface area (Å²) in [5, 5.41) is 10.1. The smallest absolute Gasteiger partial charge is 0.306 e. The van der Waals surface area contributed by atoms with E-state index in [2.05, 4.69) is 46.4 Å². The second-order valence-electron chi connectivity index (χ2n) is 43.0. The van der Waals surface area contributed by atoms with Crippen molar-refractivity contribution in [3.05, 3.63) is 58.7 Å². The molecule has 35 atom stereocenters. The Kier molecular flexibility index (Phi) is 13.8. The van der Waals surface area contributed by atoms with Crippen molar-refractivity contribution < 1.29 is 62.4 Å². The van der Waals surface area contributed by atoms with Crippen LogP contribution in [0.5, 0.6) is 0 Å². The number of esters is 4.